The number of ether oxygens (including phenoxy) is 1. The van der Waals surface area contributed by atoms with Crippen LogP contribution in [0, 0.1) is 5.92 Å². The molecule has 1 unspecified atom stereocenters. The van der Waals surface area contributed by atoms with Crippen molar-refractivity contribution in [3.8, 4) is 5.75 Å². The molecule has 0 bridgehead atoms. The Balaban J connectivity index is 1.80. The highest BCUT2D eigenvalue weighted by molar-refractivity contribution is 5.70. The number of hydrogen-bond acceptors (Lipinski definition) is 4. The van der Waals surface area contributed by atoms with Crippen molar-refractivity contribution in [3.05, 3.63) is 30.3 Å². The molecule has 0 saturated carbocycles. The highest BCUT2D eigenvalue weighted by Gasteiger charge is 2.24. The minimum absolute atomic E-state index is 0.0506. The smallest absolute Gasteiger partial charge is 0.415 e. The van der Waals surface area contributed by atoms with Crippen LogP contribution in [0.3, 0.4) is 0 Å². The Morgan fingerprint density at radius 2 is 2.10 bits per heavy atom. The number of carboxylic acids is 1. The summed E-state index contributed by atoms with van der Waals surface area (Å²) in [6, 6.07) is 8.98. The maximum absolute atomic E-state index is 12.1. The van der Waals surface area contributed by atoms with E-state index in [1.807, 2.05) is 18.2 Å². The van der Waals surface area contributed by atoms with E-state index in [-0.39, 0.29) is 18.6 Å². The van der Waals surface area contributed by atoms with Crippen LogP contribution in [0.5, 0.6) is 5.75 Å². The molecule has 0 radical (unpaired) electrons. The van der Waals surface area contributed by atoms with E-state index >= 15 is 0 Å². The minimum Gasteiger partial charge on any atom is -0.480 e. The van der Waals surface area contributed by atoms with Crippen LogP contribution in [0.4, 0.5) is 4.79 Å². The van der Waals surface area contributed by atoms with Gasteiger partial charge < -0.3 is 20.1 Å². The van der Waals surface area contributed by atoms with E-state index in [2.05, 4.69) is 5.32 Å². The lowest BCUT2D eigenvalue weighted by atomic mass is 9.98. The summed E-state index contributed by atoms with van der Waals surface area (Å²) in [4.78, 5) is 24.2. The number of carbonyl (C=O) groups excluding carboxylic acids is 1. The van der Waals surface area contributed by atoms with Gasteiger partial charge in [0.2, 0.25) is 0 Å². The summed E-state index contributed by atoms with van der Waals surface area (Å²) >= 11 is 0. The second kappa shape index (κ2) is 7.64. The van der Waals surface area contributed by atoms with E-state index in [9.17, 15) is 9.59 Å². The molecule has 1 aromatic rings. The average Bonchev–Trinajstić information content (AvgIpc) is 2.48. The first-order valence-electron chi connectivity index (χ1n) is 7.09. The quantitative estimate of drug-likeness (QED) is 0.861. The van der Waals surface area contributed by atoms with Crippen molar-refractivity contribution in [2.75, 3.05) is 26.2 Å². The van der Waals surface area contributed by atoms with Gasteiger partial charge in [0.15, 0.2) is 0 Å². The van der Waals surface area contributed by atoms with Crippen LogP contribution < -0.4 is 10.1 Å². The van der Waals surface area contributed by atoms with Crippen molar-refractivity contribution in [3.63, 3.8) is 0 Å². The van der Waals surface area contributed by atoms with Crippen LogP contribution in [0.15, 0.2) is 30.3 Å². The summed E-state index contributed by atoms with van der Waals surface area (Å²) in [6.07, 6.45) is 1.55. The molecule has 21 heavy (non-hydrogen) atoms. The predicted molar refractivity (Wildman–Crippen MR) is 77.3 cm³/mol. The Labute approximate surface area is 123 Å². The van der Waals surface area contributed by atoms with Gasteiger partial charge in [-0.25, -0.2) is 4.79 Å². The van der Waals surface area contributed by atoms with Crippen molar-refractivity contribution in [2.24, 2.45) is 5.92 Å². The summed E-state index contributed by atoms with van der Waals surface area (Å²) < 4.78 is 5.32. The molecule has 1 aromatic carbocycles. The molecule has 0 aliphatic carbocycles. The van der Waals surface area contributed by atoms with Gasteiger partial charge in [0.1, 0.15) is 5.75 Å². The zero-order valence-corrected chi connectivity index (χ0v) is 11.8. The zero-order valence-electron chi connectivity index (χ0n) is 11.8. The third-order valence-electron chi connectivity index (χ3n) is 3.43. The summed E-state index contributed by atoms with van der Waals surface area (Å²) in [5.74, 6) is -0.0683. The van der Waals surface area contributed by atoms with Gasteiger partial charge in [-0.2, -0.15) is 0 Å². The first kappa shape index (κ1) is 15.3. The lowest BCUT2D eigenvalue weighted by Gasteiger charge is -2.32. The second-order valence-electron chi connectivity index (χ2n) is 5.16. The summed E-state index contributed by atoms with van der Waals surface area (Å²) in [5, 5.41) is 11.5. The van der Waals surface area contributed by atoms with Crippen LogP contribution in [-0.4, -0.2) is 48.2 Å². The van der Waals surface area contributed by atoms with E-state index in [1.165, 1.54) is 0 Å². The lowest BCUT2D eigenvalue weighted by molar-refractivity contribution is -0.136. The molecule has 0 aromatic heterocycles. The van der Waals surface area contributed by atoms with Gasteiger partial charge in [0.25, 0.3) is 0 Å². The molecule has 1 heterocycles. The molecule has 1 aliphatic heterocycles. The van der Waals surface area contributed by atoms with E-state index < -0.39 is 5.97 Å². The zero-order chi connectivity index (χ0) is 15.1. The molecule has 1 amide bonds. The van der Waals surface area contributed by atoms with Crippen LogP contribution in [0.1, 0.15) is 12.8 Å². The number of amides is 1. The number of carboxylic acid groups (broad SMARTS) is 1. The molecule has 2 N–H and O–H groups in total. The molecule has 1 atom stereocenters. The average molecular weight is 292 g/mol. The van der Waals surface area contributed by atoms with Crippen LogP contribution in [0.2, 0.25) is 0 Å². The molecular weight excluding hydrogens is 272 g/mol. The predicted octanol–water partition coefficient (Wildman–Crippen LogP) is 1.57. The molecule has 1 saturated heterocycles. The standard InChI is InChI=1S/C15H20N2O4/c18-14(19)10-16-9-12-5-4-8-17(11-12)15(20)21-13-6-2-1-3-7-13/h1-3,6-7,12,16H,4-5,8-11H2,(H,18,19). The van der Waals surface area contributed by atoms with Gasteiger partial charge >= 0.3 is 12.1 Å². The molecular formula is C15H20N2O4. The van der Waals surface area contributed by atoms with Crippen molar-refractivity contribution in [1.29, 1.82) is 0 Å². The number of nitrogens with one attached hydrogen (secondary N) is 1. The Morgan fingerprint density at radius 3 is 2.81 bits per heavy atom. The number of likely N-dealkylation sites (tertiary alicyclic amines) is 1. The van der Waals surface area contributed by atoms with Gasteiger partial charge in [-0.1, -0.05) is 18.2 Å². The van der Waals surface area contributed by atoms with E-state index in [0.29, 0.717) is 25.4 Å². The maximum atomic E-state index is 12.1. The molecule has 1 fully saturated rings. The number of aliphatic carboxylic acids is 1. The van der Waals surface area contributed by atoms with Crippen molar-refractivity contribution in [2.45, 2.75) is 12.8 Å². The van der Waals surface area contributed by atoms with Gasteiger partial charge in [-0.15, -0.1) is 0 Å². The Bertz CT molecular complexity index is 478. The number of carbonyl (C=O) groups is 2. The van der Waals surface area contributed by atoms with Gasteiger partial charge in [-0.05, 0) is 30.9 Å². The highest BCUT2D eigenvalue weighted by Crippen LogP contribution is 2.18. The summed E-state index contributed by atoms with van der Waals surface area (Å²) in [5.41, 5.74) is 0. The fourth-order valence-corrected chi connectivity index (χ4v) is 2.43. The Kier molecular flexibility index (Phi) is 5.57. The van der Waals surface area contributed by atoms with Crippen molar-refractivity contribution >= 4 is 12.1 Å². The van der Waals surface area contributed by atoms with Gasteiger partial charge in [-0.3, -0.25) is 4.79 Å². The third-order valence-corrected chi connectivity index (χ3v) is 3.43. The van der Waals surface area contributed by atoms with Gasteiger partial charge in [0.05, 0.1) is 6.54 Å². The van der Waals surface area contributed by atoms with Gasteiger partial charge in [0, 0.05) is 19.6 Å². The van der Waals surface area contributed by atoms with Crippen LogP contribution in [-0.2, 0) is 4.79 Å². The lowest BCUT2D eigenvalue weighted by Crippen LogP contribution is -2.44. The summed E-state index contributed by atoms with van der Waals surface area (Å²) in [6.45, 7) is 1.83. The van der Waals surface area contributed by atoms with Crippen molar-refractivity contribution in [1.82, 2.24) is 10.2 Å². The SMILES string of the molecule is O=C(O)CNCC1CCCN(C(=O)Oc2ccccc2)C1. The summed E-state index contributed by atoms with van der Waals surface area (Å²) in [7, 11) is 0. The monoisotopic (exact) mass is 292 g/mol. The van der Waals surface area contributed by atoms with E-state index in [0.717, 1.165) is 12.8 Å². The van der Waals surface area contributed by atoms with E-state index in [4.69, 9.17) is 9.84 Å². The molecule has 1 aliphatic rings. The normalized spacial score (nSPS) is 18.3. The molecule has 2 rings (SSSR count). The van der Waals surface area contributed by atoms with Crippen LogP contribution >= 0.6 is 0 Å². The highest BCUT2D eigenvalue weighted by atomic mass is 16.6. The number of nitrogens with zero attached hydrogens (tertiary/aromatic N) is 1. The minimum atomic E-state index is -0.869. The topological polar surface area (TPSA) is 78.9 Å². The maximum Gasteiger partial charge on any atom is 0.415 e. The Hall–Kier alpha value is -2.08. The van der Waals surface area contributed by atoms with Crippen LogP contribution in [0.25, 0.3) is 0 Å². The number of hydrogen-bond donors (Lipinski definition) is 2. The first-order valence-corrected chi connectivity index (χ1v) is 7.09. The molecule has 6 nitrogen and oxygen atoms in total. The molecule has 114 valence electrons. The number of piperidine rings is 1. The number of rotatable bonds is 5. The number of benzene rings is 1. The Morgan fingerprint density at radius 1 is 1.33 bits per heavy atom. The second-order valence-corrected chi connectivity index (χ2v) is 5.16. The van der Waals surface area contributed by atoms with E-state index in [1.54, 1.807) is 17.0 Å². The first-order chi connectivity index (χ1) is 10.1. The fraction of sp³-hybridized carbons (Fsp3) is 0.467. The molecule has 0 spiro atoms. The van der Waals surface area contributed by atoms with Crippen molar-refractivity contribution < 1.29 is 19.4 Å². The number of para-hydroxylation sites is 1. The third kappa shape index (κ3) is 5.07. The molecule has 6 heteroatoms. The largest absolute Gasteiger partial charge is 0.480 e. The fourth-order valence-electron chi connectivity index (χ4n) is 2.43.